The van der Waals surface area contributed by atoms with E-state index in [0.717, 1.165) is 17.5 Å². The van der Waals surface area contributed by atoms with Crippen LogP contribution < -0.4 is 21.3 Å². The van der Waals surface area contributed by atoms with E-state index in [9.17, 15) is 22.8 Å². The molecule has 0 bridgehead atoms. The zero-order valence-corrected chi connectivity index (χ0v) is 21.3. The number of carbonyl (C=O) groups excluding carboxylic acids is 2. The monoisotopic (exact) mass is 582 g/mol. The smallest absolute Gasteiger partial charge is 0.368 e. The van der Waals surface area contributed by atoms with E-state index in [1.807, 2.05) is 0 Å². The Hall–Kier alpha value is -4.45. The molecule has 0 aromatic carbocycles. The van der Waals surface area contributed by atoms with E-state index in [4.69, 9.17) is 11.6 Å². The van der Waals surface area contributed by atoms with Gasteiger partial charge in [-0.15, -0.1) is 16.4 Å². The number of nitrogens with one attached hydrogen (secondary N) is 5. The molecule has 19 heteroatoms. The molecule has 1 atom stereocenters. The van der Waals surface area contributed by atoms with Crippen molar-refractivity contribution >= 4 is 52.3 Å². The molecule has 4 rings (SSSR count). The average molecular weight is 583 g/mol. The standard InChI is InChI=1S/C20H18ClF3N12O2S/c1-9(31-16(37)12-5-14(30-8-29-12)25-2-3-26-19-33-35-36-34-19)18-28-7-13(39-18)17(38)32-15-4-10(20(22,23)24)11(21)6-27-15/h4-9H,2-3H2,1H3,(H,31,37)(H,25,29,30)(H,27,32,38)(H2,26,33,34,35,36). The van der Waals surface area contributed by atoms with Crippen LogP contribution in [-0.4, -0.2) is 65.5 Å². The highest BCUT2D eigenvalue weighted by molar-refractivity contribution is 7.13. The number of anilines is 3. The highest BCUT2D eigenvalue weighted by Gasteiger charge is 2.34. The first kappa shape index (κ1) is 27.6. The number of halogens is 4. The summed E-state index contributed by atoms with van der Waals surface area (Å²) < 4.78 is 39.2. The van der Waals surface area contributed by atoms with E-state index in [1.54, 1.807) is 6.92 Å². The van der Waals surface area contributed by atoms with Gasteiger partial charge < -0.3 is 21.3 Å². The van der Waals surface area contributed by atoms with E-state index >= 15 is 0 Å². The molecule has 4 aromatic heterocycles. The molecular weight excluding hydrogens is 565 g/mol. The number of nitrogens with zero attached hydrogens (tertiary/aromatic N) is 7. The van der Waals surface area contributed by atoms with Crippen molar-refractivity contribution in [1.82, 2.24) is 45.9 Å². The van der Waals surface area contributed by atoms with Crippen LogP contribution in [0.4, 0.5) is 30.8 Å². The summed E-state index contributed by atoms with van der Waals surface area (Å²) in [5.74, 6) is -0.805. The molecule has 5 N–H and O–H groups in total. The fourth-order valence-corrected chi connectivity index (χ4v) is 4.03. The number of carbonyl (C=O) groups is 2. The van der Waals surface area contributed by atoms with E-state index < -0.39 is 34.6 Å². The molecule has 0 aliphatic rings. The minimum atomic E-state index is -4.71. The summed E-state index contributed by atoms with van der Waals surface area (Å²) in [5.41, 5.74) is -1.03. The predicted molar refractivity (Wildman–Crippen MR) is 133 cm³/mol. The van der Waals surface area contributed by atoms with Gasteiger partial charge >= 0.3 is 6.18 Å². The lowest BCUT2D eigenvalue weighted by atomic mass is 10.2. The molecule has 39 heavy (non-hydrogen) atoms. The Morgan fingerprint density at radius 2 is 1.85 bits per heavy atom. The van der Waals surface area contributed by atoms with Gasteiger partial charge in [0.2, 0.25) is 0 Å². The van der Waals surface area contributed by atoms with E-state index in [-0.39, 0.29) is 16.4 Å². The summed E-state index contributed by atoms with van der Waals surface area (Å²) in [6.45, 7) is 2.55. The highest BCUT2D eigenvalue weighted by Crippen LogP contribution is 2.35. The minimum Gasteiger partial charge on any atom is -0.368 e. The zero-order chi connectivity index (χ0) is 28.0. The summed E-state index contributed by atoms with van der Waals surface area (Å²) in [7, 11) is 0. The first-order chi connectivity index (χ1) is 18.6. The highest BCUT2D eigenvalue weighted by atomic mass is 35.5. The minimum absolute atomic E-state index is 0.0919. The second-order valence-corrected chi connectivity index (χ2v) is 9.11. The van der Waals surface area contributed by atoms with Gasteiger partial charge in [0.05, 0.1) is 22.8 Å². The zero-order valence-electron chi connectivity index (χ0n) is 19.7. The number of pyridine rings is 1. The first-order valence-electron chi connectivity index (χ1n) is 10.9. The molecule has 4 aromatic rings. The third-order valence-corrected chi connectivity index (χ3v) is 6.31. The third-order valence-electron chi connectivity index (χ3n) is 4.83. The maximum absolute atomic E-state index is 13.1. The Kier molecular flexibility index (Phi) is 8.45. The molecule has 2 amide bonds. The van der Waals surface area contributed by atoms with Gasteiger partial charge in [0, 0.05) is 25.4 Å². The van der Waals surface area contributed by atoms with Crippen molar-refractivity contribution in [2.24, 2.45) is 0 Å². The fraction of sp³-hybridized carbons (Fsp3) is 0.250. The molecule has 1 unspecified atom stereocenters. The lowest BCUT2D eigenvalue weighted by Gasteiger charge is -2.12. The van der Waals surface area contributed by atoms with Crippen molar-refractivity contribution in [3.8, 4) is 0 Å². The van der Waals surface area contributed by atoms with Gasteiger partial charge in [-0.3, -0.25) is 9.59 Å². The number of tetrazole rings is 1. The maximum atomic E-state index is 13.1. The summed E-state index contributed by atoms with van der Waals surface area (Å²) in [5, 5.41) is 24.0. The number of amides is 2. The Bertz CT molecular complexity index is 1450. The number of aromatic nitrogens is 8. The van der Waals surface area contributed by atoms with Crippen molar-refractivity contribution < 1.29 is 22.8 Å². The number of H-pyrrole nitrogens is 1. The van der Waals surface area contributed by atoms with Gasteiger partial charge in [0.15, 0.2) is 0 Å². The molecule has 0 saturated heterocycles. The summed E-state index contributed by atoms with van der Waals surface area (Å²) in [4.78, 5) is 41.2. The molecule has 204 valence electrons. The SMILES string of the molecule is CC(NC(=O)c1cc(NCCNc2nn[nH]n2)ncn1)c1ncc(C(=O)Nc2cc(C(F)(F)F)c(Cl)cn2)s1. The number of hydrogen-bond donors (Lipinski definition) is 5. The van der Waals surface area contributed by atoms with Crippen LogP contribution in [0.5, 0.6) is 0 Å². The van der Waals surface area contributed by atoms with Crippen LogP contribution in [0.25, 0.3) is 0 Å². The summed E-state index contributed by atoms with van der Waals surface area (Å²) >= 11 is 6.51. The molecule has 0 aliphatic carbocycles. The summed E-state index contributed by atoms with van der Waals surface area (Å²) in [6, 6.07) is 1.49. The van der Waals surface area contributed by atoms with Crippen LogP contribution in [0.15, 0.2) is 30.9 Å². The van der Waals surface area contributed by atoms with Crippen molar-refractivity contribution in [3.05, 3.63) is 57.0 Å². The third kappa shape index (κ3) is 7.32. The number of rotatable bonds is 10. The number of aromatic amines is 1. The molecule has 0 aliphatic heterocycles. The van der Waals surface area contributed by atoms with Gasteiger partial charge in [0.1, 0.15) is 33.5 Å². The van der Waals surface area contributed by atoms with Crippen molar-refractivity contribution in [2.75, 3.05) is 29.0 Å². The molecule has 4 heterocycles. The molecule has 0 saturated carbocycles. The number of thiazole rings is 1. The maximum Gasteiger partial charge on any atom is 0.418 e. The molecule has 0 radical (unpaired) electrons. The lowest BCUT2D eigenvalue weighted by molar-refractivity contribution is -0.137. The van der Waals surface area contributed by atoms with E-state index in [1.165, 1.54) is 18.6 Å². The second kappa shape index (κ2) is 11.9. The largest absolute Gasteiger partial charge is 0.418 e. The first-order valence-corrected chi connectivity index (χ1v) is 12.1. The van der Waals surface area contributed by atoms with Crippen LogP contribution in [0.2, 0.25) is 5.02 Å². The Balaban J connectivity index is 1.32. The quantitative estimate of drug-likeness (QED) is 0.173. The van der Waals surface area contributed by atoms with Crippen LogP contribution >= 0.6 is 22.9 Å². The van der Waals surface area contributed by atoms with Crippen molar-refractivity contribution in [3.63, 3.8) is 0 Å². The average Bonchev–Trinajstić information content (AvgIpc) is 3.60. The van der Waals surface area contributed by atoms with Crippen LogP contribution in [0.1, 0.15) is 43.7 Å². The number of alkyl halides is 3. The molecule has 14 nitrogen and oxygen atoms in total. The van der Waals surface area contributed by atoms with Crippen LogP contribution in [-0.2, 0) is 6.18 Å². The van der Waals surface area contributed by atoms with E-state index in [2.05, 4.69) is 61.8 Å². The van der Waals surface area contributed by atoms with Crippen molar-refractivity contribution in [1.29, 1.82) is 0 Å². The Labute approximate surface area is 226 Å². The molecule has 0 fully saturated rings. The predicted octanol–water partition coefficient (Wildman–Crippen LogP) is 2.78. The summed E-state index contributed by atoms with van der Waals surface area (Å²) in [6.07, 6.45) is -1.43. The Morgan fingerprint density at radius 3 is 2.59 bits per heavy atom. The molecule has 0 spiro atoms. The normalized spacial score (nSPS) is 12.0. The van der Waals surface area contributed by atoms with Gasteiger partial charge in [0.25, 0.3) is 17.8 Å². The lowest BCUT2D eigenvalue weighted by Crippen LogP contribution is -2.27. The Morgan fingerprint density at radius 1 is 1.05 bits per heavy atom. The number of hydrogen-bond acceptors (Lipinski definition) is 12. The molecular formula is C20H18ClF3N12O2S. The van der Waals surface area contributed by atoms with Gasteiger partial charge in [-0.25, -0.2) is 19.9 Å². The van der Waals surface area contributed by atoms with Crippen molar-refractivity contribution in [2.45, 2.75) is 19.1 Å². The van der Waals surface area contributed by atoms with Gasteiger partial charge in [-0.2, -0.15) is 18.4 Å². The van der Waals surface area contributed by atoms with Crippen LogP contribution in [0, 0.1) is 0 Å². The van der Waals surface area contributed by atoms with Crippen LogP contribution in [0.3, 0.4) is 0 Å². The fourth-order valence-electron chi connectivity index (χ4n) is 3.01. The van der Waals surface area contributed by atoms with E-state index in [0.29, 0.717) is 35.9 Å². The van der Waals surface area contributed by atoms with Gasteiger partial charge in [-0.05, 0) is 18.2 Å². The topological polar surface area (TPSA) is 188 Å². The second-order valence-electron chi connectivity index (χ2n) is 7.64. The van der Waals surface area contributed by atoms with Gasteiger partial charge in [-0.1, -0.05) is 16.7 Å².